The van der Waals surface area contributed by atoms with Crippen LogP contribution in [0.2, 0.25) is 0 Å². The summed E-state index contributed by atoms with van der Waals surface area (Å²) in [6, 6.07) is 9.75. The van der Waals surface area contributed by atoms with Gasteiger partial charge in [-0.3, -0.25) is 9.59 Å². The Morgan fingerprint density at radius 2 is 1.82 bits per heavy atom. The zero-order valence-corrected chi connectivity index (χ0v) is 12.8. The van der Waals surface area contributed by atoms with Gasteiger partial charge in [-0.2, -0.15) is 0 Å². The molecular formula is C17H18N2O3. The Labute approximate surface area is 128 Å². The Kier molecular flexibility index (Phi) is 4.78. The van der Waals surface area contributed by atoms with Crippen molar-refractivity contribution in [2.45, 2.75) is 0 Å². The van der Waals surface area contributed by atoms with E-state index in [9.17, 15) is 9.59 Å². The number of H-pyrrole nitrogens is 1. The van der Waals surface area contributed by atoms with Gasteiger partial charge in [-0.1, -0.05) is 0 Å². The number of hydrogen-bond donors (Lipinski definition) is 1. The summed E-state index contributed by atoms with van der Waals surface area (Å²) in [6.45, 7) is 0. The van der Waals surface area contributed by atoms with Gasteiger partial charge in [-0.05, 0) is 36.4 Å². The van der Waals surface area contributed by atoms with Crippen LogP contribution in [0.25, 0.3) is 6.08 Å². The smallest absolute Gasteiger partial charge is 0.248 e. The van der Waals surface area contributed by atoms with Crippen LogP contribution in [0.3, 0.4) is 0 Å². The van der Waals surface area contributed by atoms with E-state index in [0.717, 1.165) is 0 Å². The van der Waals surface area contributed by atoms with E-state index in [1.807, 2.05) is 19.0 Å². The lowest BCUT2D eigenvalue weighted by atomic mass is 10.0. The van der Waals surface area contributed by atoms with Crippen molar-refractivity contribution in [2.75, 3.05) is 21.2 Å². The summed E-state index contributed by atoms with van der Waals surface area (Å²) >= 11 is 0. The summed E-state index contributed by atoms with van der Waals surface area (Å²) < 4.78 is 5.08. The largest absolute Gasteiger partial charge is 0.497 e. The lowest BCUT2D eigenvalue weighted by Crippen LogP contribution is -2.12. The molecule has 0 aliphatic heterocycles. The maximum atomic E-state index is 12.6. The second-order valence-electron chi connectivity index (χ2n) is 4.99. The summed E-state index contributed by atoms with van der Waals surface area (Å²) in [5.74, 6) is 0.531. The van der Waals surface area contributed by atoms with Crippen molar-refractivity contribution in [3.8, 4) is 5.75 Å². The summed E-state index contributed by atoms with van der Waals surface area (Å²) in [5.41, 5.74) is 1.22. The Bertz CT molecular complexity index is 743. The van der Waals surface area contributed by atoms with Crippen LogP contribution in [0.1, 0.15) is 21.6 Å². The molecule has 1 N–H and O–H groups in total. The quantitative estimate of drug-likeness (QED) is 0.859. The number of aromatic amines is 1. The first-order chi connectivity index (χ1) is 10.5. The molecule has 5 nitrogen and oxygen atoms in total. The average Bonchev–Trinajstić information content (AvgIpc) is 2.52. The molecule has 0 aliphatic carbocycles. The molecule has 0 radical (unpaired) electrons. The van der Waals surface area contributed by atoms with Gasteiger partial charge in [0.1, 0.15) is 5.75 Å². The lowest BCUT2D eigenvalue weighted by molar-refractivity contribution is 0.103. The van der Waals surface area contributed by atoms with Gasteiger partial charge in [-0.25, -0.2) is 0 Å². The second-order valence-corrected chi connectivity index (χ2v) is 4.99. The van der Waals surface area contributed by atoms with E-state index in [1.165, 1.54) is 6.07 Å². The number of rotatable bonds is 5. The maximum Gasteiger partial charge on any atom is 0.248 e. The van der Waals surface area contributed by atoms with Gasteiger partial charge in [0.2, 0.25) is 5.56 Å². The molecule has 0 saturated carbocycles. The van der Waals surface area contributed by atoms with E-state index in [4.69, 9.17) is 4.74 Å². The van der Waals surface area contributed by atoms with Crippen molar-refractivity contribution in [3.63, 3.8) is 0 Å². The van der Waals surface area contributed by atoms with E-state index in [1.54, 1.807) is 49.7 Å². The van der Waals surface area contributed by atoms with E-state index >= 15 is 0 Å². The van der Waals surface area contributed by atoms with Crippen molar-refractivity contribution in [1.29, 1.82) is 0 Å². The van der Waals surface area contributed by atoms with Crippen LogP contribution in [-0.4, -0.2) is 36.9 Å². The Morgan fingerprint density at radius 3 is 2.41 bits per heavy atom. The monoisotopic (exact) mass is 298 g/mol. The minimum absolute atomic E-state index is 0.155. The van der Waals surface area contributed by atoms with Crippen molar-refractivity contribution in [3.05, 3.63) is 69.8 Å². The predicted molar refractivity (Wildman–Crippen MR) is 86.2 cm³/mol. The number of ketones is 1. The van der Waals surface area contributed by atoms with Crippen molar-refractivity contribution < 1.29 is 9.53 Å². The van der Waals surface area contributed by atoms with Crippen LogP contribution in [0.4, 0.5) is 0 Å². The molecule has 0 amide bonds. The zero-order chi connectivity index (χ0) is 16.1. The van der Waals surface area contributed by atoms with Gasteiger partial charge in [0.25, 0.3) is 0 Å². The number of hydrogen-bond acceptors (Lipinski definition) is 4. The normalized spacial score (nSPS) is 10.7. The highest BCUT2D eigenvalue weighted by Gasteiger charge is 2.13. The summed E-state index contributed by atoms with van der Waals surface area (Å²) in [4.78, 5) is 28.6. The first-order valence-electron chi connectivity index (χ1n) is 6.78. The fourth-order valence-corrected chi connectivity index (χ4v) is 1.94. The number of pyridine rings is 1. The molecule has 0 fully saturated rings. The van der Waals surface area contributed by atoms with Crippen LogP contribution in [0, 0.1) is 0 Å². The highest BCUT2D eigenvalue weighted by atomic mass is 16.5. The Balaban J connectivity index is 2.41. The Morgan fingerprint density at radius 1 is 1.14 bits per heavy atom. The summed E-state index contributed by atoms with van der Waals surface area (Å²) in [6.07, 6.45) is 3.48. The van der Waals surface area contributed by atoms with E-state index in [0.29, 0.717) is 22.6 Å². The van der Waals surface area contributed by atoms with E-state index in [2.05, 4.69) is 4.98 Å². The molecule has 0 spiro atoms. The molecule has 0 atom stereocenters. The average molecular weight is 298 g/mol. The number of carbonyl (C=O) groups is 1. The van der Waals surface area contributed by atoms with Gasteiger partial charge in [0.05, 0.1) is 12.8 Å². The number of nitrogens with one attached hydrogen (secondary N) is 1. The molecule has 2 rings (SSSR count). The third-order valence-corrected chi connectivity index (χ3v) is 3.09. The number of nitrogens with zero attached hydrogens (tertiary/aromatic N) is 1. The number of methoxy groups -OCH3 is 1. The molecule has 22 heavy (non-hydrogen) atoms. The fraction of sp³-hybridized carbons (Fsp3) is 0.176. The molecule has 0 saturated heterocycles. The van der Waals surface area contributed by atoms with E-state index in [-0.39, 0.29) is 11.3 Å². The highest BCUT2D eigenvalue weighted by Crippen LogP contribution is 2.16. The third kappa shape index (κ3) is 3.63. The minimum Gasteiger partial charge on any atom is -0.497 e. The minimum atomic E-state index is -0.246. The van der Waals surface area contributed by atoms with E-state index < -0.39 is 0 Å². The lowest BCUT2D eigenvalue weighted by Gasteiger charge is -2.08. The molecule has 114 valence electrons. The number of benzene rings is 1. The molecule has 5 heteroatoms. The van der Waals surface area contributed by atoms with Crippen LogP contribution < -0.4 is 10.3 Å². The van der Waals surface area contributed by atoms with Crippen molar-refractivity contribution in [2.24, 2.45) is 0 Å². The van der Waals surface area contributed by atoms with Gasteiger partial charge >= 0.3 is 0 Å². The topological polar surface area (TPSA) is 62.4 Å². The number of aromatic nitrogens is 1. The van der Waals surface area contributed by atoms with Gasteiger partial charge < -0.3 is 14.6 Å². The van der Waals surface area contributed by atoms with Gasteiger partial charge in [0, 0.05) is 37.5 Å². The fourth-order valence-electron chi connectivity index (χ4n) is 1.94. The standard InChI is InChI=1S/C17H18N2O3/c1-19(2)11-10-15-14(8-9-16(20)18-15)17(21)12-4-6-13(22-3)7-5-12/h4-11H,1-3H3,(H,18,20)/b11-10+. The zero-order valence-electron chi connectivity index (χ0n) is 12.8. The van der Waals surface area contributed by atoms with Crippen LogP contribution >= 0.6 is 0 Å². The van der Waals surface area contributed by atoms with Crippen LogP contribution in [0.5, 0.6) is 5.75 Å². The van der Waals surface area contributed by atoms with Crippen molar-refractivity contribution >= 4 is 11.9 Å². The van der Waals surface area contributed by atoms with Crippen LogP contribution in [0.15, 0.2) is 47.4 Å². The molecule has 0 aliphatic rings. The van der Waals surface area contributed by atoms with Crippen LogP contribution in [-0.2, 0) is 0 Å². The molecule has 0 bridgehead atoms. The Hall–Kier alpha value is -2.82. The number of carbonyl (C=O) groups excluding carboxylic acids is 1. The first kappa shape index (κ1) is 15.6. The summed E-state index contributed by atoms with van der Waals surface area (Å²) in [5, 5.41) is 0. The highest BCUT2D eigenvalue weighted by molar-refractivity contribution is 6.10. The molecule has 1 aromatic heterocycles. The van der Waals surface area contributed by atoms with Gasteiger partial charge in [0.15, 0.2) is 5.78 Å². The predicted octanol–water partition coefficient (Wildman–Crippen LogP) is 2.15. The first-order valence-corrected chi connectivity index (χ1v) is 6.78. The molecule has 1 aromatic carbocycles. The molecule has 0 unspecified atom stereocenters. The summed E-state index contributed by atoms with van der Waals surface area (Å²) in [7, 11) is 5.30. The van der Waals surface area contributed by atoms with Gasteiger partial charge in [-0.15, -0.1) is 0 Å². The number of ether oxygens (including phenoxy) is 1. The second kappa shape index (κ2) is 6.76. The van der Waals surface area contributed by atoms with Crippen molar-refractivity contribution in [1.82, 2.24) is 9.88 Å². The maximum absolute atomic E-state index is 12.6. The SMILES string of the molecule is COc1ccc(C(=O)c2ccc(=O)[nH]c2/C=C/N(C)C)cc1. The third-order valence-electron chi connectivity index (χ3n) is 3.09. The molecule has 2 aromatic rings. The molecule has 1 heterocycles. The molecular weight excluding hydrogens is 280 g/mol.